The van der Waals surface area contributed by atoms with Gasteiger partial charge in [0.15, 0.2) is 0 Å². The summed E-state index contributed by atoms with van der Waals surface area (Å²) in [5.74, 6) is 0. The molecule has 0 fully saturated rings. The van der Waals surface area contributed by atoms with Crippen molar-refractivity contribution in [2.45, 2.75) is 0 Å². The summed E-state index contributed by atoms with van der Waals surface area (Å²) in [5.41, 5.74) is 7.41. The van der Waals surface area contributed by atoms with Crippen molar-refractivity contribution in [3.05, 3.63) is 191 Å². The number of imidazole rings is 2. The summed E-state index contributed by atoms with van der Waals surface area (Å²) in [6.45, 7) is 0. The van der Waals surface area contributed by atoms with Gasteiger partial charge in [0.25, 0.3) is 11.1 Å². The van der Waals surface area contributed by atoms with Crippen LogP contribution in [0.15, 0.2) is 197 Å². The summed E-state index contributed by atoms with van der Waals surface area (Å²) in [4.78, 5) is 41.3. The summed E-state index contributed by atoms with van der Waals surface area (Å²) in [6.07, 6.45) is 0. The fraction of sp³-hybridized carbons (Fsp3) is 0. The molecule has 10 heteroatoms. The molecule has 324 valence electrons. The predicted molar refractivity (Wildman–Crippen MR) is 279 cm³/mol. The van der Waals surface area contributed by atoms with Crippen LogP contribution in [0.1, 0.15) is 0 Å². The van der Waals surface area contributed by atoms with Crippen LogP contribution in [0, 0.1) is 0 Å². The second kappa shape index (κ2) is 12.6. The number of para-hydroxylation sites is 8. The minimum Gasteiger partial charge on any atom is -0.456 e. The Kier molecular flexibility index (Phi) is 6.54. The van der Waals surface area contributed by atoms with E-state index in [0.29, 0.717) is 143 Å². The van der Waals surface area contributed by atoms with Gasteiger partial charge in [0.2, 0.25) is 0 Å². The lowest BCUT2D eigenvalue weighted by Crippen LogP contribution is -2.14. The van der Waals surface area contributed by atoms with Crippen LogP contribution in [0.25, 0.3) is 164 Å². The number of pyridine rings is 2. The third-order valence-corrected chi connectivity index (χ3v) is 14.6. The Morgan fingerprint density at radius 3 is 0.943 bits per heavy atom. The van der Waals surface area contributed by atoms with Gasteiger partial charge in [0, 0.05) is 75.4 Å². The summed E-state index contributed by atoms with van der Waals surface area (Å²) in [7, 11) is 0. The molecule has 0 N–H and O–H groups in total. The van der Waals surface area contributed by atoms with E-state index in [0.717, 1.165) is 21.5 Å². The standard InChI is InChI=1S/C60H28N4O6/c65-59-35-27-47-53-54-48(70-44-24-12-4-16-32(44)31-15-3-11-23-43(31)69-47)28-36-50-34(58-62-38-18-6-8-20-40(38)64(58)60(36)66)26-46-52(56(50)54)51-45(67-41-21-9-1-13-29(41)30-14-2-10-22-42(30)68-46)25-33(49(35)55(51)53)57-61-37-17-5-7-19-39(37)63(57)59/h1-28H. The molecule has 0 radical (unpaired) electrons. The zero-order valence-electron chi connectivity index (χ0n) is 36.4. The van der Waals surface area contributed by atoms with Gasteiger partial charge in [-0.25, -0.2) is 9.97 Å². The zero-order valence-corrected chi connectivity index (χ0v) is 36.4. The van der Waals surface area contributed by atoms with Crippen molar-refractivity contribution in [2.75, 3.05) is 0 Å². The van der Waals surface area contributed by atoms with Crippen molar-refractivity contribution in [2.24, 2.45) is 0 Å². The van der Waals surface area contributed by atoms with Crippen molar-refractivity contribution in [3.8, 4) is 0 Å². The molecule has 6 aromatic heterocycles. The molecule has 70 heavy (non-hydrogen) atoms. The molecule has 11 aromatic carbocycles. The van der Waals surface area contributed by atoms with Crippen LogP contribution in [0.3, 0.4) is 0 Å². The Morgan fingerprint density at radius 2 is 0.586 bits per heavy atom. The number of fused-ring (bicyclic) bond motifs is 14. The lowest BCUT2D eigenvalue weighted by Gasteiger charge is -2.20. The average Bonchev–Trinajstić information content (AvgIpc) is 3.99. The lowest BCUT2D eigenvalue weighted by molar-refractivity contribution is 0.657. The van der Waals surface area contributed by atoms with E-state index in [1.807, 2.05) is 170 Å². The number of hydrogen-bond donors (Lipinski definition) is 0. The highest BCUT2D eigenvalue weighted by Crippen LogP contribution is 2.52. The molecule has 0 spiro atoms. The van der Waals surface area contributed by atoms with Gasteiger partial charge in [-0.05, 0) is 72.8 Å². The summed E-state index contributed by atoms with van der Waals surface area (Å²) in [5, 5.41) is 10.9. The maximum absolute atomic E-state index is 15.5. The SMILES string of the molecule is O=c1c2cc3oc4ccccc4c4ccccc4oc4cc5c(=O)n6c7ccccc7nc6c6cc7oc8ccccc8c8ccccc8oc8cc(c2c2c3c4c(c56)c7c82)c2nc3ccccc3n12. The minimum absolute atomic E-state index is 0.244. The van der Waals surface area contributed by atoms with E-state index in [1.165, 1.54) is 0 Å². The molecule has 0 aliphatic carbocycles. The van der Waals surface area contributed by atoms with Crippen LogP contribution < -0.4 is 11.1 Å². The smallest absolute Gasteiger partial charge is 0.264 e. The van der Waals surface area contributed by atoms with Crippen molar-refractivity contribution in [1.29, 1.82) is 0 Å². The highest BCUT2D eigenvalue weighted by atomic mass is 16.3. The fourth-order valence-corrected chi connectivity index (χ4v) is 11.8. The van der Waals surface area contributed by atoms with E-state index in [2.05, 4.69) is 0 Å². The quantitative estimate of drug-likeness (QED) is 0.109. The number of benzene rings is 11. The van der Waals surface area contributed by atoms with E-state index >= 15 is 9.59 Å². The number of nitrogens with zero attached hydrogens (tertiary/aromatic N) is 4. The van der Waals surface area contributed by atoms with Crippen molar-refractivity contribution < 1.29 is 17.7 Å². The highest BCUT2D eigenvalue weighted by Gasteiger charge is 2.30. The molecule has 0 aliphatic heterocycles. The summed E-state index contributed by atoms with van der Waals surface area (Å²) < 4.78 is 32.9. The fourth-order valence-electron chi connectivity index (χ4n) is 11.8. The Labute approximate surface area is 389 Å². The molecule has 0 saturated carbocycles. The molecule has 0 amide bonds. The maximum Gasteiger partial charge on any atom is 0.264 e. The molecule has 17 aromatic rings. The Hall–Kier alpha value is -9.80. The summed E-state index contributed by atoms with van der Waals surface area (Å²) >= 11 is 0. The highest BCUT2D eigenvalue weighted by molar-refractivity contribution is 6.48. The molecule has 6 heterocycles. The van der Waals surface area contributed by atoms with E-state index in [1.54, 1.807) is 8.80 Å². The maximum atomic E-state index is 15.5. The molecule has 0 unspecified atom stereocenters. The monoisotopic (exact) mass is 900 g/mol. The van der Waals surface area contributed by atoms with Gasteiger partial charge in [0.1, 0.15) is 56.0 Å². The molecule has 0 atom stereocenters. The normalized spacial score (nSPS) is 12.7. The zero-order chi connectivity index (χ0) is 45.7. The first-order valence-electron chi connectivity index (χ1n) is 23.1. The summed E-state index contributed by atoms with van der Waals surface area (Å²) in [6, 6.07) is 54.7. The Bertz CT molecular complexity index is 5140. The van der Waals surface area contributed by atoms with Crippen molar-refractivity contribution >= 4 is 164 Å². The average molecular weight is 901 g/mol. The van der Waals surface area contributed by atoms with Crippen LogP contribution in [-0.2, 0) is 0 Å². The van der Waals surface area contributed by atoms with Crippen LogP contribution in [0.4, 0.5) is 0 Å². The van der Waals surface area contributed by atoms with Gasteiger partial charge in [-0.3, -0.25) is 18.4 Å². The van der Waals surface area contributed by atoms with E-state index in [9.17, 15) is 0 Å². The molecule has 0 saturated heterocycles. The predicted octanol–water partition coefficient (Wildman–Crippen LogP) is 14.8. The largest absolute Gasteiger partial charge is 0.456 e. The molecule has 0 bridgehead atoms. The van der Waals surface area contributed by atoms with E-state index in [4.69, 9.17) is 27.6 Å². The van der Waals surface area contributed by atoms with E-state index < -0.39 is 0 Å². The first-order valence-corrected chi connectivity index (χ1v) is 23.1. The van der Waals surface area contributed by atoms with Gasteiger partial charge >= 0.3 is 0 Å². The van der Waals surface area contributed by atoms with Gasteiger partial charge in [0.05, 0.1) is 32.8 Å². The van der Waals surface area contributed by atoms with Crippen molar-refractivity contribution in [3.63, 3.8) is 0 Å². The molecule has 10 nitrogen and oxygen atoms in total. The van der Waals surface area contributed by atoms with Gasteiger partial charge in [-0.15, -0.1) is 0 Å². The Balaban J connectivity index is 1.31. The first kappa shape index (κ1) is 36.3. The molecule has 17 rings (SSSR count). The minimum atomic E-state index is -0.244. The molecular weight excluding hydrogens is 873 g/mol. The topological polar surface area (TPSA) is 121 Å². The molecule has 0 aliphatic rings. The number of aromatic nitrogens is 4. The third-order valence-electron chi connectivity index (χ3n) is 14.6. The van der Waals surface area contributed by atoms with Crippen LogP contribution >= 0.6 is 0 Å². The van der Waals surface area contributed by atoms with Gasteiger partial charge in [-0.2, -0.15) is 0 Å². The third kappa shape index (κ3) is 4.39. The van der Waals surface area contributed by atoms with Crippen LogP contribution in [0.5, 0.6) is 0 Å². The lowest BCUT2D eigenvalue weighted by atomic mass is 9.85. The van der Waals surface area contributed by atoms with Gasteiger partial charge < -0.3 is 17.7 Å². The second-order valence-electron chi connectivity index (χ2n) is 18.2. The van der Waals surface area contributed by atoms with E-state index in [-0.39, 0.29) is 11.1 Å². The number of rotatable bonds is 0. The van der Waals surface area contributed by atoms with Crippen LogP contribution in [-0.4, -0.2) is 18.8 Å². The Morgan fingerprint density at radius 1 is 0.286 bits per heavy atom. The number of hydrogen-bond acceptors (Lipinski definition) is 8. The first-order chi connectivity index (χ1) is 34.6. The van der Waals surface area contributed by atoms with Crippen LogP contribution in [0.2, 0.25) is 0 Å². The van der Waals surface area contributed by atoms with Gasteiger partial charge in [-0.1, -0.05) is 97.1 Å². The molecular formula is C60H28N4O6. The van der Waals surface area contributed by atoms with Crippen molar-refractivity contribution in [1.82, 2.24) is 18.8 Å². The second-order valence-corrected chi connectivity index (χ2v) is 18.2.